The van der Waals surface area contributed by atoms with Crippen LogP contribution in [0.1, 0.15) is 81.6 Å². The summed E-state index contributed by atoms with van der Waals surface area (Å²) in [6.45, 7) is 21.0. The van der Waals surface area contributed by atoms with Crippen LogP contribution in [0.3, 0.4) is 0 Å². The molecular weight excluding hydrogens is 500 g/mol. The lowest BCUT2D eigenvalue weighted by Gasteiger charge is -2.38. The number of nitrogens with zero attached hydrogens (tertiary/aromatic N) is 1. The molecule has 0 unspecified atom stereocenters. The number of amides is 4. The molecule has 0 saturated carbocycles. The zero-order chi connectivity index (χ0) is 29.9. The molecule has 10 nitrogen and oxygen atoms in total. The predicted octanol–water partition coefficient (Wildman–Crippen LogP) is 2.96. The second-order valence-corrected chi connectivity index (χ2v) is 13.6. The van der Waals surface area contributed by atoms with Gasteiger partial charge in [-0.25, -0.2) is 4.79 Å². The number of nitrogens with one attached hydrogen (secondary N) is 3. The van der Waals surface area contributed by atoms with E-state index >= 15 is 0 Å². The summed E-state index contributed by atoms with van der Waals surface area (Å²) in [5.41, 5.74) is -2.05. The molecule has 2 aliphatic rings. The first kappa shape index (κ1) is 32.3. The number of hydrogen-bond acceptors (Lipinski definition) is 6. The smallest absolute Gasteiger partial charge is 0.408 e. The Morgan fingerprint density at radius 2 is 1.77 bits per heavy atom. The van der Waals surface area contributed by atoms with Gasteiger partial charge in [-0.1, -0.05) is 48.1 Å². The first-order valence-electron chi connectivity index (χ1n) is 13.8. The van der Waals surface area contributed by atoms with Crippen LogP contribution < -0.4 is 16.0 Å². The van der Waals surface area contributed by atoms with Gasteiger partial charge in [0, 0.05) is 19.0 Å². The van der Waals surface area contributed by atoms with Crippen LogP contribution in [0.25, 0.3) is 0 Å². The molecule has 2 rings (SSSR count). The number of piperidine rings is 1. The Bertz CT molecular complexity index is 977. The molecule has 2 heterocycles. The molecule has 220 valence electrons. The standard InChI is InChI=1S/C29H48N4O6/c1-11-20(34)19(15-18-13-12-14-30-23(18)35)31-24(36)22-29(9,10)17(2)16-33(22)25(37)21(27(3,4)5)32-26(38)39-28(6,7)8/h11,17-19,21-22H,1,12-16H2,2-10H3,(H,30,35)(H,31,36)(H,32,38)/t17-,18+,19+,21-,22-/m1/s1. The van der Waals surface area contributed by atoms with Crippen molar-refractivity contribution < 1.29 is 28.7 Å². The maximum absolute atomic E-state index is 14.0. The summed E-state index contributed by atoms with van der Waals surface area (Å²) in [7, 11) is 0. The van der Waals surface area contributed by atoms with Gasteiger partial charge in [0.05, 0.1) is 6.04 Å². The zero-order valence-corrected chi connectivity index (χ0v) is 25.1. The van der Waals surface area contributed by atoms with Crippen molar-refractivity contribution in [1.29, 1.82) is 0 Å². The number of carbonyl (C=O) groups is 5. The number of hydrogen-bond donors (Lipinski definition) is 3. The lowest BCUT2D eigenvalue weighted by atomic mass is 9.77. The van der Waals surface area contributed by atoms with E-state index in [1.165, 1.54) is 4.90 Å². The molecule has 0 bridgehead atoms. The monoisotopic (exact) mass is 548 g/mol. The molecule has 2 saturated heterocycles. The average Bonchev–Trinajstić information content (AvgIpc) is 3.04. The highest BCUT2D eigenvalue weighted by atomic mass is 16.6. The lowest BCUT2D eigenvalue weighted by Crippen LogP contribution is -2.60. The summed E-state index contributed by atoms with van der Waals surface area (Å²) < 4.78 is 5.41. The molecule has 10 heteroatoms. The second-order valence-electron chi connectivity index (χ2n) is 13.6. The molecule has 4 amide bonds. The zero-order valence-electron chi connectivity index (χ0n) is 25.1. The quantitative estimate of drug-likeness (QED) is 0.400. The van der Waals surface area contributed by atoms with Crippen molar-refractivity contribution in [2.24, 2.45) is 22.7 Å². The molecule has 0 aliphatic carbocycles. The summed E-state index contributed by atoms with van der Waals surface area (Å²) in [5, 5.41) is 8.38. The summed E-state index contributed by atoms with van der Waals surface area (Å²) in [6.07, 6.45) is 2.02. The third-order valence-electron chi connectivity index (χ3n) is 7.84. The minimum absolute atomic E-state index is 0.0444. The van der Waals surface area contributed by atoms with E-state index in [-0.39, 0.29) is 24.0 Å². The van der Waals surface area contributed by atoms with Crippen LogP contribution in [0.15, 0.2) is 12.7 Å². The molecule has 2 fully saturated rings. The van der Waals surface area contributed by atoms with Gasteiger partial charge in [0.25, 0.3) is 0 Å². The average molecular weight is 549 g/mol. The maximum Gasteiger partial charge on any atom is 0.408 e. The highest BCUT2D eigenvalue weighted by Gasteiger charge is 2.54. The van der Waals surface area contributed by atoms with E-state index in [0.717, 1.165) is 12.5 Å². The molecule has 39 heavy (non-hydrogen) atoms. The molecule has 0 radical (unpaired) electrons. The van der Waals surface area contributed by atoms with Crippen LogP contribution in [-0.4, -0.2) is 71.3 Å². The number of likely N-dealkylation sites (tertiary alicyclic amines) is 1. The Hall–Kier alpha value is -2.91. The number of carbonyl (C=O) groups excluding carboxylic acids is 5. The summed E-state index contributed by atoms with van der Waals surface area (Å²) in [5.74, 6) is -1.84. The van der Waals surface area contributed by atoms with Gasteiger partial charge in [-0.15, -0.1) is 0 Å². The normalized spacial score (nSPS) is 24.7. The van der Waals surface area contributed by atoms with Crippen LogP contribution in [0.4, 0.5) is 4.79 Å². The van der Waals surface area contributed by atoms with Crippen molar-refractivity contribution in [2.75, 3.05) is 13.1 Å². The lowest BCUT2D eigenvalue weighted by molar-refractivity contribution is -0.144. The molecular formula is C29H48N4O6. The van der Waals surface area contributed by atoms with E-state index < -0.39 is 58.4 Å². The van der Waals surface area contributed by atoms with Crippen LogP contribution in [0.5, 0.6) is 0 Å². The molecule has 0 aromatic heterocycles. The van der Waals surface area contributed by atoms with Crippen molar-refractivity contribution >= 4 is 29.6 Å². The first-order chi connectivity index (χ1) is 17.8. The van der Waals surface area contributed by atoms with E-state index in [9.17, 15) is 24.0 Å². The fourth-order valence-electron chi connectivity index (χ4n) is 5.23. The van der Waals surface area contributed by atoms with Gasteiger partial charge in [-0.05, 0) is 62.9 Å². The van der Waals surface area contributed by atoms with Crippen LogP contribution in [-0.2, 0) is 23.9 Å². The maximum atomic E-state index is 14.0. The Morgan fingerprint density at radius 3 is 2.28 bits per heavy atom. The molecule has 3 N–H and O–H groups in total. The summed E-state index contributed by atoms with van der Waals surface area (Å²) >= 11 is 0. The number of ether oxygens (including phenoxy) is 1. The first-order valence-corrected chi connectivity index (χ1v) is 13.8. The number of rotatable bonds is 8. The molecule has 0 aromatic carbocycles. The van der Waals surface area contributed by atoms with Gasteiger partial charge in [0.2, 0.25) is 17.7 Å². The minimum Gasteiger partial charge on any atom is -0.444 e. The fourth-order valence-corrected chi connectivity index (χ4v) is 5.23. The molecule has 0 aromatic rings. The van der Waals surface area contributed by atoms with Crippen molar-refractivity contribution in [3.05, 3.63) is 12.7 Å². The highest BCUT2D eigenvalue weighted by Crippen LogP contribution is 2.42. The topological polar surface area (TPSA) is 134 Å². The SMILES string of the molecule is C=CC(=O)[C@H](C[C@@H]1CCCNC1=O)NC(=O)[C@H]1N(C(=O)[C@@H](NC(=O)OC(C)(C)C)C(C)(C)C)C[C@@H](C)C1(C)C. The third-order valence-corrected chi connectivity index (χ3v) is 7.84. The Balaban J connectivity index is 2.35. The molecule has 2 aliphatic heterocycles. The van der Waals surface area contributed by atoms with E-state index in [2.05, 4.69) is 22.5 Å². The van der Waals surface area contributed by atoms with Crippen LogP contribution in [0, 0.1) is 22.7 Å². The fraction of sp³-hybridized carbons (Fsp3) is 0.759. The van der Waals surface area contributed by atoms with Crippen molar-refractivity contribution in [1.82, 2.24) is 20.9 Å². The van der Waals surface area contributed by atoms with Crippen LogP contribution in [0.2, 0.25) is 0 Å². The largest absolute Gasteiger partial charge is 0.444 e. The van der Waals surface area contributed by atoms with E-state index in [4.69, 9.17) is 4.74 Å². The predicted molar refractivity (Wildman–Crippen MR) is 149 cm³/mol. The Labute approximate surface area is 233 Å². The van der Waals surface area contributed by atoms with E-state index in [1.54, 1.807) is 20.8 Å². The van der Waals surface area contributed by atoms with Crippen molar-refractivity contribution in [3.63, 3.8) is 0 Å². The van der Waals surface area contributed by atoms with E-state index in [1.807, 2.05) is 41.5 Å². The number of ketones is 1. The van der Waals surface area contributed by atoms with E-state index in [0.29, 0.717) is 19.5 Å². The molecule has 0 spiro atoms. The minimum atomic E-state index is -0.958. The second kappa shape index (κ2) is 12.1. The highest BCUT2D eigenvalue weighted by molar-refractivity contribution is 5.99. The van der Waals surface area contributed by atoms with Gasteiger partial charge in [0.15, 0.2) is 5.78 Å². The van der Waals surface area contributed by atoms with Gasteiger partial charge < -0.3 is 25.6 Å². The van der Waals surface area contributed by atoms with Gasteiger partial charge in [0.1, 0.15) is 17.7 Å². The third kappa shape index (κ3) is 8.05. The Kier molecular flexibility index (Phi) is 10.0. The van der Waals surface area contributed by atoms with Gasteiger partial charge >= 0.3 is 6.09 Å². The summed E-state index contributed by atoms with van der Waals surface area (Å²) in [6, 6.07) is -2.79. The summed E-state index contributed by atoms with van der Waals surface area (Å²) in [4.78, 5) is 67.1. The van der Waals surface area contributed by atoms with Gasteiger partial charge in [-0.3, -0.25) is 19.2 Å². The Morgan fingerprint density at radius 1 is 1.15 bits per heavy atom. The number of alkyl carbamates (subject to hydrolysis) is 1. The van der Waals surface area contributed by atoms with Gasteiger partial charge in [-0.2, -0.15) is 0 Å². The molecule has 5 atom stereocenters. The van der Waals surface area contributed by atoms with Crippen molar-refractivity contribution in [2.45, 2.75) is 105 Å². The van der Waals surface area contributed by atoms with Crippen LogP contribution >= 0.6 is 0 Å². The van der Waals surface area contributed by atoms with Crippen molar-refractivity contribution in [3.8, 4) is 0 Å².